The summed E-state index contributed by atoms with van der Waals surface area (Å²) in [5, 5.41) is 2.53. The van der Waals surface area contributed by atoms with E-state index in [1.54, 1.807) is 6.92 Å². The molecule has 1 amide bonds. The van der Waals surface area contributed by atoms with Crippen molar-refractivity contribution >= 4 is 5.91 Å². The molecule has 2 nitrogen and oxygen atoms in total. The molecule has 0 aromatic heterocycles. The Morgan fingerprint density at radius 3 is 2.89 bits per heavy atom. The van der Waals surface area contributed by atoms with Crippen LogP contribution < -0.4 is 5.32 Å². The SMILES string of the molecule is [CH2]CNC(=O)CC#CC. The van der Waals surface area contributed by atoms with Gasteiger partial charge in [-0.15, -0.1) is 5.92 Å². The summed E-state index contributed by atoms with van der Waals surface area (Å²) in [7, 11) is 0. The van der Waals surface area contributed by atoms with Gasteiger partial charge in [0.1, 0.15) is 0 Å². The second kappa shape index (κ2) is 5.17. The van der Waals surface area contributed by atoms with Crippen LogP contribution in [0.2, 0.25) is 0 Å². The van der Waals surface area contributed by atoms with Gasteiger partial charge in [0.25, 0.3) is 0 Å². The number of nitrogens with one attached hydrogen (secondary N) is 1. The summed E-state index contributed by atoms with van der Waals surface area (Å²) in [6.07, 6.45) is 0.284. The zero-order chi connectivity index (χ0) is 7.11. The molecule has 0 saturated heterocycles. The monoisotopic (exact) mass is 124 g/mol. The summed E-state index contributed by atoms with van der Waals surface area (Å²) >= 11 is 0. The van der Waals surface area contributed by atoms with Gasteiger partial charge in [-0.05, 0) is 13.8 Å². The van der Waals surface area contributed by atoms with E-state index >= 15 is 0 Å². The number of hydrogen-bond acceptors (Lipinski definition) is 1. The van der Waals surface area contributed by atoms with Gasteiger partial charge in [0.15, 0.2) is 0 Å². The normalized spacial score (nSPS) is 7.33. The van der Waals surface area contributed by atoms with E-state index in [0.717, 1.165) is 0 Å². The fraction of sp³-hybridized carbons (Fsp3) is 0.429. The smallest absolute Gasteiger partial charge is 0.232 e. The second-order valence-electron chi connectivity index (χ2n) is 1.45. The largest absolute Gasteiger partial charge is 0.355 e. The van der Waals surface area contributed by atoms with Crippen molar-refractivity contribution in [3.8, 4) is 11.8 Å². The molecule has 0 heterocycles. The van der Waals surface area contributed by atoms with Crippen LogP contribution in [0.25, 0.3) is 0 Å². The predicted molar refractivity (Wildman–Crippen MR) is 36.4 cm³/mol. The van der Waals surface area contributed by atoms with E-state index in [9.17, 15) is 4.79 Å². The standard InChI is InChI=1S/C7H10NO/c1-3-5-6-7(9)8-4-2/h2,4,6H2,1H3,(H,8,9). The summed E-state index contributed by atoms with van der Waals surface area (Å²) in [5.74, 6) is 5.21. The molecule has 0 atom stereocenters. The summed E-state index contributed by atoms with van der Waals surface area (Å²) in [5.41, 5.74) is 0. The van der Waals surface area contributed by atoms with E-state index in [-0.39, 0.29) is 12.3 Å². The van der Waals surface area contributed by atoms with Crippen molar-refractivity contribution in [1.29, 1.82) is 0 Å². The molecule has 0 aliphatic carbocycles. The molecule has 2 heteroatoms. The van der Waals surface area contributed by atoms with Gasteiger partial charge in [0.05, 0.1) is 6.42 Å². The lowest BCUT2D eigenvalue weighted by atomic mass is 10.4. The Bertz CT molecular complexity index is 141. The Kier molecular flexibility index (Phi) is 4.61. The van der Waals surface area contributed by atoms with Gasteiger partial charge >= 0.3 is 0 Å². The highest BCUT2D eigenvalue weighted by Gasteiger charge is 1.91. The average Bonchev–Trinajstić information content (AvgIpc) is 1.85. The molecule has 1 N–H and O–H groups in total. The summed E-state index contributed by atoms with van der Waals surface area (Å²) < 4.78 is 0. The van der Waals surface area contributed by atoms with Crippen molar-refractivity contribution < 1.29 is 4.79 Å². The number of rotatable bonds is 2. The molecule has 0 aliphatic rings. The van der Waals surface area contributed by atoms with Gasteiger partial charge in [-0.1, -0.05) is 5.92 Å². The van der Waals surface area contributed by atoms with E-state index in [1.807, 2.05) is 0 Å². The van der Waals surface area contributed by atoms with Gasteiger partial charge in [0.2, 0.25) is 5.91 Å². The third-order valence-corrected chi connectivity index (χ3v) is 0.748. The molecule has 0 aromatic carbocycles. The first-order chi connectivity index (χ1) is 4.31. The fourth-order valence-electron chi connectivity index (χ4n) is 0.371. The van der Waals surface area contributed by atoms with E-state index < -0.39 is 0 Å². The van der Waals surface area contributed by atoms with Crippen LogP contribution in [-0.4, -0.2) is 12.5 Å². The van der Waals surface area contributed by atoms with E-state index in [1.165, 1.54) is 0 Å². The fourth-order valence-corrected chi connectivity index (χ4v) is 0.371. The van der Waals surface area contributed by atoms with Crippen molar-refractivity contribution in [2.75, 3.05) is 6.54 Å². The third kappa shape index (κ3) is 4.89. The van der Waals surface area contributed by atoms with Crippen LogP contribution in [-0.2, 0) is 4.79 Å². The number of hydrogen-bond donors (Lipinski definition) is 1. The number of carbonyl (C=O) groups excluding carboxylic acids is 1. The topological polar surface area (TPSA) is 29.1 Å². The minimum atomic E-state index is -0.0562. The van der Waals surface area contributed by atoms with Crippen molar-refractivity contribution in [1.82, 2.24) is 5.32 Å². The molecule has 9 heavy (non-hydrogen) atoms. The lowest BCUT2D eigenvalue weighted by Gasteiger charge is -1.93. The molecule has 49 valence electrons. The van der Waals surface area contributed by atoms with Gasteiger partial charge in [-0.2, -0.15) is 0 Å². The van der Waals surface area contributed by atoms with E-state index in [2.05, 4.69) is 24.1 Å². The molecule has 0 spiro atoms. The van der Waals surface area contributed by atoms with Crippen LogP contribution in [0.5, 0.6) is 0 Å². The highest BCUT2D eigenvalue weighted by atomic mass is 16.1. The van der Waals surface area contributed by atoms with Gasteiger partial charge < -0.3 is 5.32 Å². The number of amides is 1. The Morgan fingerprint density at radius 1 is 1.78 bits per heavy atom. The molecule has 0 unspecified atom stereocenters. The highest BCUT2D eigenvalue weighted by molar-refractivity contribution is 5.78. The minimum Gasteiger partial charge on any atom is -0.355 e. The van der Waals surface area contributed by atoms with Gasteiger partial charge in [0, 0.05) is 6.54 Å². The quantitative estimate of drug-likeness (QED) is 0.529. The van der Waals surface area contributed by atoms with Crippen LogP contribution in [0.15, 0.2) is 0 Å². The summed E-state index contributed by atoms with van der Waals surface area (Å²) in [4.78, 5) is 10.5. The van der Waals surface area contributed by atoms with Gasteiger partial charge in [-0.25, -0.2) is 0 Å². The molecular weight excluding hydrogens is 114 g/mol. The minimum absolute atomic E-state index is 0.0562. The summed E-state index contributed by atoms with van der Waals surface area (Å²) in [6.45, 7) is 5.59. The van der Waals surface area contributed by atoms with Crippen LogP contribution in [0, 0.1) is 18.8 Å². The maximum absolute atomic E-state index is 10.5. The van der Waals surface area contributed by atoms with E-state index in [0.29, 0.717) is 6.54 Å². The van der Waals surface area contributed by atoms with Crippen LogP contribution >= 0.6 is 0 Å². The maximum Gasteiger partial charge on any atom is 0.232 e. The van der Waals surface area contributed by atoms with Crippen molar-refractivity contribution in [2.24, 2.45) is 0 Å². The molecule has 0 aromatic rings. The Hall–Kier alpha value is -0.970. The first-order valence-corrected chi connectivity index (χ1v) is 2.76. The van der Waals surface area contributed by atoms with Gasteiger partial charge in [-0.3, -0.25) is 4.79 Å². The Balaban J connectivity index is 3.35. The average molecular weight is 124 g/mol. The zero-order valence-electron chi connectivity index (χ0n) is 5.53. The van der Waals surface area contributed by atoms with Crippen molar-refractivity contribution in [2.45, 2.75) is 13.3 Å². The molecule has 1 radical (unpaired) electrons. The van der Waals surface area contributed by atoms with Crippen LogP contribution in [0.1, 0.15) is 13.3 Å². The molecule has 0 aliphatic heterocycles. The third-order valence-electron chi connectivity index (χ3n) is 0.748. The molecular formula is C7H10NO. The van der Waals surface area contributed by atoms with E-state index in [4.69, 9.17) is 0 Å². The van der Waals surface area contributed by atoms with Crippen LogP contribution in [0.3, 0.4) is 0 Å². The zero-order valence-corrected chi connectivity index (χ0v) is 5.53. The molecule has 0 saturated carbocycles. The number of carbonyl (C=O) groups is 1. The molecule has 0 bridgehead atoms. The first-order valence-electron chi connectivity index (χ1n) is 2.76. The highest BCUT2D eigenvalue weighted by Crippen LogP contribution is 1.73. The second-order valence-corrected chi connectivity index (χ2v) is 1.45. The molecule has 0 rings (SSSR count). The Labute approximate surface area is 55.6 Å². The molecule has 0 fully saturated rings. The Morgan fingerprint density at radius 2 is 2.44 bits per heavy atom. The summed E-state index contributed by atoms with van der Waals surface area (Å²) in [6, 6.07) is 0. The van der Waals surface area contributed by atoms with Crippen molar-refractivity contribution in [3.63, 3.8) is 0 Å². The van der Waals surface area contributed by atoms with Crippen molar-refractivity contribution in [3.05, 3.63) is 6.92 Å². The lowest BCUT2D eigenvalue weighted by molar-refractivity contribution is -0.119. The van der Waals surface area contributed by atoms with Crippen LogP contribution in [0.4, 0.5) is 0 Å². The predicted octanol–water partition coefficient (Wildman–Crippen LogP) is 0.350. The maximum atomic E-state index is 10.5. The first kappa shape index (κ1) is 8.03. The lowest BCUT2D eigenvalue weighted by Crippen LogP contribution is -2.21.